The number of methoxy groups -OCH3 is 1. The van der Waals surface area contributed by atoms with Gasteiger partial charge in [-0.05, 0) is 30.2 Å². The molecule has 1 aliphatic rings. The number of pyridine rings is 1. The molecular formula is C28H28N2O8S. The van der Waals surface area contributed by atoms with Gasteiger partial charge in [0.25, 0.3) is 0 Å². The molecule has 39 heavy (non-hydrogen) atoms. The molecule has 0 amide bonds. The molecular weight excluding hydrogens is 524 g/mol. The molecule has 4 N–H and O–H groups in total. The van der Waals surface area contributed by atoms with Gasteiger partial charge < -0.3 is 39.2 Å². The Morgan fingerprint density at radius 2 is 1.72 bits per heavy atom. The number of carbonyl (C=O) groups excluding carboxylic acids is 1. The Bertz CT molecular complexity index is 1430. The number of nitrogens with zero attached hydrogens (tertiary/aromatic N) is 2. The maximum absolute atomic E-state index is 13.7. The van der Waals surface area contributed by atoms with Crippen LogP contribution in [-0.2, 0) is 9.47 Å². The number of rotatable bonds is 7. The van der Waals surface area contributed by atoms with Crippen molar-refractivity contribution in [3.8, 4) is 34.2 Å². The number of hydrogen-bond acceptors (Lipinski definition) is 10. The molecule has 0 saturated carbocycles. The summed E-state index contributed by atoms with van der Waals surface area (Å²) in [6.45, 7) is 1.01. The van der Waals surface area contributed by atoms with Crippen molar-refractivity contribution >= 4 is 18.2 Å². The molecule has 1 saturated heterocycles. The van der Waals surface area contributed by atoms with Gasteiger partial charge in [0, 0.05) is 5.56 Å². The van der Waals surface area contributed by atoms with Crippen LogP contribution in [0.25, 0.3) is 22.4 Å². The number of hydrogen-bond donors (Lipinski definition) is 4. The number of ether oxygens (including phenoxy) is 3. The monoisotopic (exact) mass is 552 g/mol. The summed E-state index contributed by atoms with van der Waals surface area (Å²) in [7, 11) is 1.51. The van der Waals surface area contributed by atoms with Gasteiger partial charge in [0.05, 0.1) is 37.1 Å². The first-order valence-electron chi connectivity index (χ1n) is 12.2. The number of carbonyl (C=O) groups is 1. The highest BCUT2D eigenvalue weighted by Gasteiger charge is 2.46. The molecule has 0 bridgehead atoms. The van der Waals surface area contributed by atoms with Crippen molar-refractivity contribution in [2.45, 2.75) is 37.6 Å². The third-order valence-electron chi connectivity index (χ3n) is 6.55. The van der Waals surface area contributed by atoms with Gasteiger partial charge in [-0.25, -0.2) is 4.79 Å². The third kappa shape index (κ3) is 5.18. The first kappa shape index (κ1) is 28.4. The molecule has 0 radical (unpaired) electrons. The largest absolute Gasteiger partial charge is 0.497 e. The molecule has 0 aliphatic carbocycles. The van der Waals surface area contributed by atoms with E-state index in [1.165, 1.54) is 11.7 Å². The first-order valence-corrected chi connectivity index (χ1v) is 12.6. The van der Waals surface area contributed by atoms with Crippen molar-refractivity contribution in [2.24, 2.45) is 0 Å². The Morgan fingerprint density at radius 1 is 1.05 bits per heavy atom. The lowest BCUT2D eigenvalue weighted by molar-refractivity contribution is -0.251. The maximum Gasteiger partial charge on any atom is 0.340 e. The van der Waals surface area contributed by atoms with Crippen LogP contribution in [0.15, 0.2) is 54.6 Å². The average molecular weight is 553 g/mol. The van der Waals surface area contributed by atoms with Crippen molar-refractivity contribution in [3.05, 3.63) is 70.4 Å². The molecule has 3 aromatic rings. The van der Waals surface area contributed by atoms with Gasteiger partial charge in [0.15, 0.2) is 6.23 Å². The summed E-state index contributed by atoms with van der Waals surface area (Å²) in [5.74, 6) is -0.198. The maximum atomic E-state index is 13.7. The van der Waals surface area contributed by atoms with Crippen LogP contribution >= 0.6 is 12.2 Å². The summed E-state index contributed by atoms with van der Waals surface area (Å²) in [6.07, 6.45) is -7.80. The quantitative estimate of drug-likeness (QED) is 0.254. The van der Waals surface area contributed by atoms with Crippen molar-refractivity contribution < 1.29 is 39.4 Å². The van der Waals surface area contributed by atoms with Crippen LogP contribution in [0.4, 0.5) is 0 Å². The number of aliphatic hydroxyl groups excluding tert-OH is 4. The highest BCUT2D eigenvalue weighted by molar-refractivity contribution is 7.71. The lowest BCUT2D eigenvalue weighted by atomic mass is 9.90. The van der Waals surface area contributed by atoms with E-state index in [0.717, 1.165) is 0 Å². The van der Waals surface area contributed by atoms with Crippen LogP contribution in [0.5, 0.6) is 5.75 Å². The zero-order chi connectivity index (χ0) is 28.3. The Balaban J connectivity index is 2.16. The first-order chi connectivity index (χ1) is 18.8. The van der Waals surface area contributed by atoms with E-state index >= 15 is 0 Å². The fourth-order valence-corrected chi connectivity index (χ4v) is 5.01. The second-order valence-electron chi connectivity index (χ2n) is 8.80. The SMILES string of the molecule is CCOC(=O)c1c(-c2ccc(OC)cc2)c(C#N)c(=S)n([C@@H]2O[C@@H](CO)[C@@H](O)[C@@H](O)[C@@H]2O)c1-c1ccccc1. The lowest BCUT2D eigenvalue weighted by Gasteiger charge is -2.42. The van der Waals surface area contributed by atoms with Crippen molar-refractivity contribution in [1.29, 1.82) is 5.26 Å². The van der Waals surface area contributed by atoms with Crippen molar-refractivity contribution in [2.75, 3.05) is 20.3 Å². The van der Waals surface area contributed by atoms with Gasteiger partial charge in [0.1, 0.15) is 40.9 Å². The summed E-state index contributed by atoms with van der Waals surface area (Å²) < 4.78 is 17.7. The minimum atomic E-state index is -1.73. The predicted molar refractivity (Wildman–Crippen MR) is 142 cm³/mol. The smallest absolute Gasteiger partial charge is 0.340 e. The Hall–Kier alpha value is -3.63. The Kier molecular flexibility index (Phi) is 8.76. The summed E-state index contributed by atoms with van der Waals surface area (Å²) in [5, 5.41) is 52.0. The molecule has 11 heteroatoms. The van der Waals surface area contributed by atoms with E-state index < -0.39 is 43.2 Å². The summed E-state index contributed by atoms with van der Waals surface area (Å²) in [5.41, 5.74) is 1.24. The summed E-state index contributed by atoms with van der Waals surface area (Å²) in [4.78, 5) is 13.7. The minimum Gasteiger partial charge on any atom is -0.497 e. The lowest BCUT2D eigenvalue weighted by Crippen LogP contribution is -2.56. The molecule has 204 valence electrons. The zero-order valence-corrected chi connectivity index (χ0v) is 22.0. The topological polar surface area (TPSA) is 154 Å². The normalized spacial score (nSPS) is 22.6. The molecule has 1 aromatic heterocycles. The van der Waals surface area contributed by atoms with Crippen LogP contribution in [-0.4, -0.2) is 75.7 Å². The third-order valence-corrected chi connectivity index (χ3v) is 6.95. The molecule has 0 spiro atoms. The van der Waals surface area contributed by atoms with E-state index in [1.54, 1.807) is 61.5 Å². The fourth-order valence-electron chi connectivity index (χ4n) is 4.66. The summed E-state index contributed by atoms with van der Waals surface area (Å²) >= 11 is 5.77. The van der Waals surface area contributed by atoms with Gasteiger partial charge >= 0.3 is 5.97 Å². The number of aromatic nitrogens is 1. The number of aliphatic hydroxyl groups is 4. The molecule has 5 atom stereocenters. The average Bonchev–Trinajstić information content (AvgIpc) is 2.96. The standard InChI is InChI=1S/C28H28N2O8S/c1-3-37-28(35)21-20(15-9-11-17(36-2)12-10-15)18(13-29)27(39)30(22(21)16-7-5-4-6-8-16)26-25(34)24(33)23(32)19(14-31)38-26/h4-12,19,23-26,31-34H,3,14H2,1-2H3/t19-,23+,24+,25-,26+/m0/s1. The van der Waals surface area contributed by atoms with E-state index in [1.807, 2.05) is 0 Å². The highest BCUT2D eigenvalue weighted by atomic mass is 32.1. The number of esters is 1. The molecule has 1 aliphatic heterocycles. The van der Waals surface area contributed by atoms with Gasteiger partial charge in [-0.1, -0.05) is 54.7 Å². The van der Waals surface area contributed by atoms with Gasteiger partial charge in [0.2, 0.25) is 0 Å². The number of benzene rings is 2. The second-order valence-corrected chi connectivity index (χ2v) is 9.18. The number of nitriles is 1. The molecule has 4 rings (SSSR count). The van der Waals surface area contributed by atoms with Gasteiger partial charge in [-0.3, -0.25) is 0 Å². The molecule has 2 heterocycles. The molecule has 0 unspecified atom stereocenters. The van der Waals surface area contributed by atoms with E-state index in [0.29, 0.717) is 16.9 Å². The fraction of sp³-hybridized carbons (Fsp3) is 0.321. The Labute approximate surface area is 229 Å². The minimum absolute atomic E-state index is 0.0182. The molecule has 10 nitrogen and oxygen atoms in total. The zero-order valence-electron chi connectivity index (χ0n) is 21.2. The van der Waals surface area contributed by atoms with Gasteiger partial charge in [-0.2, -0.15) is 5.26 Å². The van der Waals surface area contributed by atoms with Crippen LogP contribution in [0, 0.1) is 16.0 Å². The van der Waals surface area contributed by atoms with Crippen LogP contribution in [0.2, 0.25) is 0 Å². The summed E-state index contributed by atoms with van der Waals surface area (Å²) in [6, 6.07) is 17.4. The van der Waals surface area contributed by atoms with Crippen LogP contribution in [0.3, 0.4) is 0 Å². The van der Waals surface area contributed by atoms with E-state index in [-0.39, 0.29) is 33.6 Å². The van der Waals surface area contributed by atoms with Crippen LogP contribution < -0.4 is 4.74 Å². The Morgan fingerprint density at radius 3 is 2.28 bits per heavy atom. The van der Waals surface area contributed by atoms with E-state index in [4.69, 9.17) is 26.4 Å². The molecule has 1 fully saturated rings. The molecule has 2 aromatic carbocycles. The van der Waals surface area contributed by atoms with Crippen LogP contribution in [0.1, 0.15) is 29.1 Å². The highest BCUT2D eigenvalue weighted by Crippen LogP contribution is 2.41. The predicted octanol–water partition coefficient (Wildman–Crippen LogP) is 2.58. The second kappa shape index (κ2) is 12.0. The van der Waals surface area contributed by atoms with Crippen molar-refractivity contribution in [3.63, 3.8) is 0 Å². The van der Waals surface area contributed by atoms with E-state index in [2.05, 4.69) is 6.07 Å². The van der Waals surface area contributed by atoms with Crippen molar-refractivity contribution in [1.82, 2.24) is 4.57 Å². The van der Waals surface area contributed by atoms with Gasteiger partial charge in [-0.15, -0.1) is 0 Å². The van der Waals surface area contributed by atoms with E-state index in [9.17, 15) is 30.5 Å².